The third kappa shape index (κ3) is 3.57. The van der Waals surface area contributed by atoms with E-state index in [1.165, 1.54) is 13.2 Å². The van der Waals surface area contributed by atoms with Crippen molar-refractivity contribution in [3.8, 4) is 5.75 Å². The normalized spacial score (nSPS) is 9.94. The number of alkyl halides is 1. The second-order valence-corrected chi connectivity index (χ2v) is 4.29. The molecule has 18 heavy (non-hydrogen) atoms. The molecule has 0 aromatic heterocycles. The second kappa shape index (κ2) is 7.16. The zero-order valence-electron chi connectivity index (χ0n) is 10.4. The molecule has 0 amide bonds. The van der Waals surface area contributed by atoms with E-state index >= 15 is 0 Å². The van der Waals surface area contributed by atoms with Crippen molar-refractivity contribution in [1.29, 1.82) is 0 Å². The monoisotopic (exact) mass is 314 g/mol. The Morgan fingerprint density at radius 1 is 1.33 bits per heavy atom. The average molecular weight is 315 g/mol. The summed E-state index contributed by atoms with van der Waals surface area (Å²) in [5, 5.41) is 0.590. The predicted molar refractivity (Wildman–Crippen MR) is 71.7 cm³/mol. The Morgan fingerprint density at radius 3 is 2.61 bits per heavy atom. The summed E-state index contributed by atoms with van der Waals surface area (Å²) in [4.78, 5) is 23.5. The first-order chi connectivity index (χ1) is 8.63. The summed E-state index contributed by atoms with van der Waals surface area (Å²) in [5.41, 5.74) is 0.762. The lowest BCUT2D eigenvalue weighted by Crippen LogP contribution is -2.09. The number of carbonyl (C=O) groups excluding carboxylic acids is 2. The topological polar surface area (TPSA) is 52.6 Å². The van der Waals surface area contributed by atoms with Crippen molar-refractivity contribution >= 4 is 27.7 Å². The van der Waals surface area contributed by atoms with E-state index in [9.17, 15) is 9.59 Å². The maximum Gasteiger partial charge on any atom is 0.341 e. The molecule has 1 rings (SSSR count). The number of rotatable bonds is 6. The highest BCUT2D eigenvalue weighted by Crippen LogP contribution is 2.21. The third-order valence-electron chi connectivity index (χ3n) is 2.34. The Balaban J connectivity index is 3.09. The number of ether oxygens (including phenoxy) is 2. The number of halogens is 1. The van der Waals surface area contributed by atoms with E-state index in [0.29, 0.717) is 23.1 Å². The van der Waals surface area contributed by atoms with Crippen LogP contribution in [-0.4, -0.2) is 30.8 Å². The molecule has 0 radical (unpaired) electrons. The van der Waals surface area contributed by atoms with Gasteiger partial charge in [-0.05, 0) is 25.1 Å². The predicted octanol–water partition coefficient (Wildman–Crippen LogP) is 2.84. The van der Waals surface area contributed by atoms with Crippen LogP contribution in [0.15, 0.2) is 18.2 Å². The van der Waals surface area contributed by atoms with Crippen LogP contribution >= 0.6 is 15.9 Å². The van der Waals surface area contributed by atoms with E-state index in [1.807, 2.05) is 0 Å². The number of esters is 1. The van der Waals surface area contributed by atoms with Crippen molar-refractivity contribution in [3.63, 3.8) is 0 Å². The van der Waals surface area contributed by atoms with Crippen LogP contribution in [0, 0.1) is 0 Å². The van der Waals surface area contributed by atoms with E-state index in [4.69, 9.17) is 9.47 Å². The molecule has 0 saturated carbocycles. The van der Waals surface area contributed by atoms with Crippen molar-refractivity contribution < 1.29 is 19.1 Å². The number of carbonyl (C=O) groups is 2. The summed E-state index contributed by atoms with van der Waals surface area (Å²) in [6.45, 7) is 2.01. The molecule has 0 unspecified atom stereocenters. The number of benzene rings is 1. The summed E-state index contributed by atoms with van der Waals surface area (Å²) in [7, 11) is 1.47. The van der Waals surface area contributed by atoms with Gasteiger partial charge in [0.2, 0.25) is 0 Å². The fraction of sp³-hybridized carbons (Fsp3) is 0.385. The molecular weight excluding hydrogens is 300 g/mol. The Kier molecular flexibility index (Phi) is 5.85. The van der Waals surface area contributed by atoms with Gasteiger partial charge < -0.3 is 9.47 Å². The van der Waals surface area contributed by atoms with Gasteiger partial charge >= 0.3 is 5.97 Å². The van der Waals surface area contributed by atoms with Crippen LogP contribution in [0.1, 0.15) is 34.1 Å². The Hall–Kier alpha value is -1.36. The lowest BCUT2D eigenvalue weighted by atomic mass is 10.0. The Bertz CT molecular complexity index is 443. The number of hydrogen-bond donors (Lipinski definition) is 0. The van der Waals surface area contributed by atoms with Gasteiger partial charge in [0.05, 0.1) is 13.7 Å². The highest BCUT2D eigenvalue weighted by molar-refractivity contribution is 9.09. The summed E-state index contributed by atoms with van der Waals surface area (Å²) in [6, 6.07) is 4.77. The maximum absolute atomic E-state index is 11.8. The quantitative estimate of drug-likeness (QED) is 0.460. The highest BCUT2D eigenvalue weighted by Gasteiger charge is 2.16. The molecule has 1 aromatic carbocycles. The number of ketones is 1. The van der Waals surface area contributed by atoms with Crippen molar-refractivity contribution in [2.45, 2.75) is 13.3 Å². The van der Waals surface area contributed by atoms with Crippen molar-refractivity contribution in [2.75, 3.05) is 19.0 Å². The average Bonchev–Trinajstić information content (AvgIpc) is 2.38. The molecular formula is C13H15BrO4. The van der Waals surface area contributed by atoms with Crippen LogP contribution in [-0.2, 0) is 4.74 Å². The van der Waals surface area contributed by atoms with E-state index in [1.54, 1.807) is 19.1 Å². The van der Waals surface area contributed by atoms with Crippen LogP contribution in [0.4, 0.5) is 0 Å². The summed E-state index contributed by atoms with van der Waals surface area (Å²) < 4.78 is 10.0. The number of methoxy groups -OCH3 is 1. The Morgan fingerprint density at radius 2 is 2.06 bits per heavy atom. The molecule has 0 N–H and O–H groups in total. The standard InChI is InChI=1S/C13H15BrO4/c1-3-18-13(16)10-8-9(11(15)6-7-14)4-5-12(10)17-2/h4-5,8H,3,6-7H2,1-2H3. The molecule has 0 aliphatic rings. The molecule has 0 fully saturated rings. The molecule has 1 aromatic rings. The largest absolute Gasteiger partial charge is 0.496 e. The van der Waals surface area contributed by atoms with Crippen LogP contribution in [0.3, 0.4) is 0 Å². The van der Waals surface area contributed by atoms with Crippen LogP contribution in [0.5, 0.6) is 5.75 Å². The lowest BCUT2D eigenvalue weighted by Gasteiger charge is -2.09. The molecule has 0 saturated heterocycles. The fourth-order valence-electron chi connectivity index (χ4n) is 1.48. The van der Waals surface area contributed by atoms with E-state index in [-0.39, 0.29) is 18.0 Å². The first kappa shape index (κ1) is 14.7. The van der Waals surface area contributed by atoms with E-state index in [2.05, 4.69) is 15.9 Å². The van der Waals surface area contributed by atoms with Gasteiger partial charge in [0, 0.05) is 17.3 Å². The fourth-order valence-corrected chi connectivity index (χ4v) is 1.84. The number of hydrogen-bond acceptors (Lipinski definition) is 4. The van der Waals surface area contributed by atoms with Gasteiger partial charge in [0.25, 0.3) is 0 Å². The van der Waals surface area contributed by atoms with Crippen LogP contribution in [0.25, 0.3) is 0 Å². The van der Waals surface area contributed by atoms with Gasteiger partial charge in [-0.2, -0.15) is 0 Å². The summed E-state index contributed by atoms with van der Waals surface area (Å²) in [6.07, 6.45) is 0.384. The van der Waals surface area contributed by atoms with Gasteiger partial charge in [-0.1, -0.05) is 15.9 Å². The summed E-state index contributed by atoms with van der Waals surface area (Å²) in [5.74, 6) is -0.105. The minimum Gasteiger partial charge on any atom is -0.496 e. The molecule has 0 aliphatic heterocycles. The van der Waals surface area contributed by atoms with Gasteiger partial charge in [-0.3, -0.25) is 4.79 Å². The smallest absolute Gasteiger partial charge is 0.341 e. The molecule has 0 spiro atoms. The van der Waals surface area contributed by atoms with Gasteiger partial charge in [-0.25, -0.2) is 4.79 Å². The number of Topliss-reactive ketones (excluding diaryl/α,β-unsaturated/α-hetero) is 1. The summed E-state index contributed by atoms with van der Waals surface area (Å²) >= 11 is 3.21. The van der Waals surface area contributed by atoms with Gasteiger partial charge in [0.15, 0.2) is 5.78 Å². The van der Waals surface area contributed by atoms with Crippen molar-refractivity contribution in [3.05, 3.63) is 29.3 Å². The minimum absolute atomic E-state index is 0.0277. The van der Waals surface area contributed by atoms with E-state index in [0.717, 1.165) is 0 Å². The molecule has 0 atom stereocenters. The molecule has 98 valence electrons. The highest BCUT2D eigenvalue weighted by atomic mass is 79.9. The van der Waals surface area contributed by atoms with Crippen molar-refractivity contribution in [2.24, 2.45) is 0 Å². The Labute approximate surface area is 114 Å². The third-order valence-corrected chi connectivity index (χ3v) is 2.73. The van der Waals surface area contributed by atoms with Gasteiger partial charge in [-0.15, -0.1) is 0 Å². The SMILES string of the molecule is CCOC(=O)c1cc(C(=O)CCBr)ccc1OC. The molecule has 0 bridgehead atoms. The minimum atomic E-state index is -0.483. The molecule has 5 heteroatoms. The molecule has 0 aliphatic carbocycles. The van der Waals surface area contributed by atoms with Crippen LogP contribution in [0.2, 0.25) is 0 Å². The lowest BCUT2D eigenvalue weighted by molar-refractivity contribution is 0.0522. The first-order valence-corrected chi connectivity index (χ1v) is 6.70. The first-order valence-electron chi connectivity index (χ1n) is 5.58. The molecule has 4 nitrogen and oxygen atoms in total. The van der Waals surface area contributed by atoms with Crippen LogP contribution < -0.4 is 4.74 Å². The zero-order chi connectivity index (χ0) is 13.5. The molecule has 0 heterocycles. The van der Waals surface area contributed by atoms with Crippen molar-refractivity contribution in [1.82, 2.24) is 0 Å². The second-order valence-electron chi connectivity index (χ2n) is 3.50. The zero-order valence-corrected chi connectivity index (χ0v) is 12.0. The maximum atomic E-state index is 11.8. The van der Waals surface area contributed by atoms with Gasteiger partial charge in [0.1, 0.15) is 11.3 Å². The van der Waals surface area contributed by atoms with E-state index < -0.39 is 5.97 Å².